The van der Waals surface area contributed by atoms with Crippen molar-refractivity contribution in [1.82, 2.24) is 4.90 Å². The number of nitrogens with zero attached hydrogens (tertiary/aromatic N) is 1. The topological polar surface area (TPSA) is 55.6 Å². The van der Waals surface area contributed by atoms with Crippen LogP contribution >= 0.6 is 0 Å². The molecule has 20 heavy (non-hydrogen) atoms. The SMILES string of the molecule is NC1CCN(CC(=O)c2ccc(OC3CC3)cc2)CC1. The number of ketones is 1. The molecule has 0 radical (unpaired) electrons. The van der Waals surface area contributed by atoms with Crippen LogP contribution in [0.2, 0.25) is 0 Å². The molecule has 4 heteroatoms. The zero-order valence-corrected chi connectivity index (χ0v) is 11.8. The smallest absolute Gasteiger partial charge is 0.176 e. The summed E-state index contributed by atoms with van der Waals surface area (Å²) in [4.78, 5) is 14.4. The van der Waals surface area contributed by atoms with Gasteiger partial charge in [-0.15, -0.1) is 0 Å². The minimum absolute atomic E-state index is 0.179. The van der Waals surface area contributed by atoms with Crippen LogP contribution in [0.3, 0.4) is 0 Å². The van der Waals surface area contributed by atoms with Crippen LogP contribution in [0.4, 0.5) is 0 Å². The van der Waals surface area contributed by atoms with Gasteiger partial charge in [0.05, 0.1) is 12.6 Å². The second kappa shape index (κ2) is 5.94. The molecular formula is C16H22N2O2. The quantitative estimate of drug-likeness (QED) is 0.832. The third-order valence-corrected chi connectivity index (χ3v) is 4.00. The lowest BCUT2D eigenvalue weighted by Gasteiger charge is -2.29. The van der Waals surface area contributed by atoms with Crippen molar-refractivity contribution < 1.29 is 9.53 Å². The Kier molecular flexibility index (Phi) is 4.03. The zero-order chi connectivity index (χ0) is 13.9. The number of benzene rings is 1. The highest BCUT2D eigenvalue weighted by Crippen LogP contribution is 2.26. The van der Waals surface area contributed by atoms with Crippen molar-refractivity contribution in [2.75, 3.05) is 19.6 Å². The van der Waals surface area contributed by atoms with Crippen LogP contribution in [0.15, 0.2) is 24.3 Å². The van der Waals surface area contributed by atoms with Gasteiger partial charge in [-0.2, -0.15) is 0 Å². The predicted octanol–water partition coefficient (Wildman–Crippen LogP) is 1.83. The molecule has 1 aliphatic heterocycles. The molecule has 1 heterocycles. The first-order valence-electron chi connectivity index (χ1n) is 7.48. The summed E-state index contributed by atoms with van der Waals surface area (Å²) in [5, 5.41) is 0. The van der Waals surface area contributed by atoms with Gasteiger partial charge < -0.3 is 10.5 Å². The lowest BCUT2D eigenvalue weighted by molar-refractivity contribution is 0.0910. The number of carbonyl (C=O) groups excluding carboxylic acids is 1. The second-order valence-electron chi connectivity index (χ2n) is 5.88. The average molecular weight is 274 g/mol. The molecule has 1 saturated carbocycles. The van der Waals surface area contributed by atoms with Crippen molar-refractivity contribution in [2.24, 2.45) is 5.73 Å². The van der Waals surface area contributed by atoms with E-state index in [9.17, 15) is 4.79 Å². The summed E-state index contributed by atoms with van der Waals surface area (Å²) in [6.45, 7) is 2.35. The van der Waals surface area contributed by atoms with Gasteiger partial charge in [-0.05, 0) is 49.9 Å². The molecule has 0 atom stereocenters. The molecule has 2 aliphatic rings. The Labute approximate surface area is 119 Å². The van der Waals surface area contributed by atoms with Crippen LogP contribution in [0.5, 0.6) is 5.75 Å². The summed E-state index contributed by atoms with van der Waals surface area (Å²) in [5.41, 5.74) is 6.64. The normalized spacial score (nSPS) is 20.9. The Hall–Kier alpha value is -1.39. The number of carbonyl (C=O) groups is 1. The fourth-order valence-electron chi connectivity index (χ4n) is 2.50. The largest absolute Gasteiger partial charge is 0.490 e. The minimum atomic E-state index is 0.179. The molecule has 0 spiro atoms. The molecule has 2 fully saturated rings. The Bertz CT molecular complexity index is 460. The van der Waals surface area contributed by atoms with E-state index in [0.29, 0.717) is 18.7 Å². The third-order valence-electron chi connectivity index (χ3n) is 4.00. The van der Waals surface area contributed by atoms with Gasteiger partial charge in [0.25, 0.3) is 0 Å². The summed E-state index contributed by atoms with van der Waals surface area (Å²) in [6.07, 6.45) is 4.67. The Morgan fingerprint density at radius 1 is 1.15 bits per heavy atom. The van der Waals surface area contributed by atoms with E-state index in [0.717, 1.165) is 50.1 Å². The van der Waals surface area contributed by atoms with Crippen LogP contribution < -0.4 is 10.5 Å². The number of ether oxygens (including phenoxy) is 1. The molecule has 0 aromatic heterocycles. The minimum Gasteiger partial charge on any atom is -0.490 e. The maximum atomic E-state index is 12.2. The van der Waals surface area contributed by atoms with E-state index in [1.807, 2.05) is 24.3 Å². The van der Waals surface area contributed by atoms with E-state index >= 15 is 0 Å². The molecule has 2 N–H and O–H groups in total. The van der Waals surface area contributed by atoms with E-state index in [1.54, 1.807) is 0 Å². The van der Waals surface area contributed by atoms with E-state index < -0.39 is 0 Å². The number of hydrogen-bond acceptors (Lipinski definition) is 4. The van der Waals surface area contributed by atoms with Crippen LogP contribution in [0.1, 0.15) is 36.0 Å². The van der Waals surface area contributed by atoms with E-state index in [4.69, 9.17) is 10.5 Å². The number of likely N-dealkylation sites (tertiary alicyclic amines) is 1. The maximum absolute atomic E-state index is 12.2. The summed E-state index contributed by atoms with van der Waals surface area (Å²) in [6, 6.07) is 7.85. The molecular weight excluding hydrogens is 252 g/mol. The fraction of sp³-hybridized carbons (Fsp3) is 0.562. The number of rotatable bonds is 5. The van der Waals surface area contributed by atoms with Crippen LogP contribution in [0.25, 0.3) is 0 Å². The number of piperidine rings is 1. The lowest BCUT2D eigenvalue weighted by Crippen LogP contribution is -2.41. The van der Waals surface area contributed by atoms with Gasteiger partial charge >= 0.3 is 0 Å². The molecule has 0 bridgehead atoms. The summed E-state index contributed by atoms with van der Waals surface area (Å²) in [7, 11) is 0. The Morgan fingerprint density at radius 2 is 1.80 bits per heavy atom. The van der Waals surface area contributed by atoms with Gasteiger partial charge in [0, 0.05) is 24.7 Å². The molecule has 4 nitrogen and oxygen atoms in total. The van der Waals surface area contributed by atoms with Crippen molar-refractivity contribution in [3.05, 3.63) is 29.8 Å². The highest BCUT2D eigenvalue weighted by molar-refractivity contribution is 5.97. The summed E-state index contributed by atoms with van der Waals surface area (Å²) < 4.78 is 5.69. The van der Waals surface area contributed by atoms with Crippen molar-refractivity contribution in [3.63, 3.8) is 0 Å². The van der Waals surface area contributed by atoms with Crippen molar-refractivity contribution >= 4 is 5.78 Å². The molecule has 1 aromatic rings. The summed E-state index contributed by atoms with van der Waals surface area (Å²) in [5.74, 6) is 1.05. The number of hydrogen-bond donors (Lipinski definition) is 1. The standard InChI is InChI=1S/C16H22N2O2/c17-13-7-9-18(10-8-13)11-16(19)12-1-3-14(4-2-12)20-15-5-6-15/h1-4,13,15H,5-11,17H2. The highest BCUT2D eigenvalue weighted by atomic mass is 16.5. The number of nitrogens with two attached hydrogens (primary N) is 1. The second-order valence-corrected chi connectivity index (χ2v) is 5.88. The Morgan fingerprint density at radius 3 is 2.40 bits per heavy atom. The number of Topliss-reactive ketones (excluding diaryl/α,β-unsaturated/α-hetero) is 1. The van der Waals surface area contributed by atoms with Crippen molar-refractivity contribution in [3.8, 4) is 5.75 Å². The molecule has 0 amide bonds. The fourth-order valence-corrected chi connectivity index (χ4v) is 2.50. The van der Waals surface area contributed by atoms with E-state index in [2.05, 4.69) is 4.90 Å². The van der Waals surface area contributed by atoms with Crippen LogP contribution in [0, 0.1) is 0 Å². The van der Waals surface area contributed by atoms with Gasteiger partial charge in [0.1, 0.15) is 5.75 Å². The van der Waals surface area contributed by atoms with Gasteiger partial charge in [-0.3, -0.25) is 9.69 Å². The Balaban J connectivity index is 1.53. The van der Waals surface area contributed by atoms with Crippen molar-refractivity contribution in [2.45, 2.75) is 37.8 Å². The molecule has 1 aromatic carbocycles. The van der Waals surface area contributed by atoms with Crippen LogP contribution in [-0.2, 0) is 0 Å². The predicted molar refractivity (Wildman–Crippen MR) is 78.1 cm³/mol. The summed E-state index contributed by atoms with van der Waals surface area (Å²) >= 11 is 0. The first-order chi connectivity index (χ1) is 9.70. The third kappa shape index (κ3) is 3.58. The maximum Gasteiger partial charge on any atom is 0.176 e. The van der Waals surface area contributed by atoms with Crippen LogP contribution in [-0.4, -0.2) is 42.5 Å². The average Bonchev–Trinajstić information content (AvgIpc) is 3.26. The molecule has 3 rings (SSSR count). The lowest BCUT2D eigenvalue weighted by atomic mass is 10.0. The van der Waals surface area contributed by atoms with E-state index in [-0.39, 0.29) is 5.78 Å². The highest BCUT2D eigenvalue weighted by Gasteiger charge is 2.23. The molecule has 1 aliphatic carbocycles. The first kappa shape index (κ1) is 13.6. The molecule has 0 unspecified atom stereocenters. The van der Waals surface area contributed by atoms with Gasteiger partial charge in [0.2, 0.25) is 0 Å². The monoisotopic (exact) mass is 274 g/mol. The van der Waals surface area contributed by atoms with Gasteiger partial charge in [-0.1, -0.05) is 0 Å². The molecule has 1 saturated heterocycles. The van der Waals surface area contributed by atoms with Gasteiger partial charge in [-0.25, -0.2) is 0 Å². The first-order valence-corrected chi connectivity index (χ1v) is 7.48. The van der Waals surface area contributed by atoms with Crippen molar-refractivity contribution in [1.29, 1.82) is 0 Å². The zero-order valence-electron chi connectivity index (χ0n) is 11.8. The van der Waals surface area contributed by atoms with E-state index in [1.165, 1.54) is 0 Å². The van der Waals surface area contributed by atoms with Gasteiger partial charge in [0.15, 0.2) is 5.78 Å². The molecule has 108 valence electrons.